The van der Waals surface area contributed by atoms with Gasteiger partial charge in [-0.25, -0.2) is 4.68 Å². The Hall–Kier alpha value is -0.380. The van der Waals surface area contributed by atoms with E-state index in [2.05, 4.69) is 47.0 Å². The van der Waals surface area contributed by atoms with Crippen molar-refractivity contribution >= 4 is 15.9 Å². The molecule has 0 aliphatic carbocycles. The predicted octanol–water partition coefficient (Wildman–Crippen LogP) is 1.93. The van der Waals surface area contributed by atoms with Crippen molar-refractivity contribution in [3.8, 4) is 0 Å². The first-order valence-electron chi connectivity index (χ1n) is 3.51. The number of nitrogens with zero attached hydrogens (tertiary/aromatic N) is 3. The molecule has 0 N–H and O–H groups in total. The van der Waals surface area contributed by atoms with Crippen molar-refractivity contribution < 1.29 is 0 Å². The summed E-state index contributed by atoms with van der Waals surface area (Å²) in [6.07, 6.45) is 1.95. The van der Waals surface area contributed by atoms with Crippen LogP contribution in [0.5, 0.6) is 0 Å². The molecule has 11 heavy (non-hydrogen) atoms. The van der Waals surface area contributed by atoms with Gasteiger partial charge in [-0.1, -0.05) is 21.1 Å². The highest BCUT2D eigenvalue weighted by molar-refractivity contribution is 9.08. The van der Waals surface area contributed by atoms with Gasteiger partial charge >= 0.3 is 0 Å². The molecule has 0 fully saturated rings. The maximum atomic E-state index is 3.99. The maximum absolute atomic E-state index is 3.99. The van der Waals surface area contributed by atoms with Crippen LogP contribution in [0.3, 0.4) is 0 Å². The third-order valence-corrected chi connectivity index (χ3v) is 1.94. The molecule has 1 rings (SSSR count). The molecule has 0 radical (unpaired) electrons. The van der Waals surface area contributed by atoms with Crippen molar-refractivity contribution in [3.05, 3.63) is 11.9 Å². The van der Waals surface area contributed by atoms with E-state index in [9.17, 15) is 0 Å². The molecule has 0 saturated carbocycles. The Kier molecular flexibility index (Phi) is 2.32. The lowest BCUT2D eigenvalue weighted by atomic mass is 10.1. The first kappa shape index (κ1) is 8.71. The van der Waals surface area contributed by atoms with E-state index >= 15 is 0 Å². The molecule has 62 valence electrons. The van der Waals surface area contributed by atoms with Gasteiger partial charge in [0.1, 0.15) is 0 Å². The molecule has 1 heterocycles. The first-order valence-corrected chi connectivity index (χ1v) is 4.64. The standard InChI is InChI=1S/C7H12BrN3/c1-7(2,3)11-5-6(4-8)9-10-11/h5H,4H2,1-3H3. The van der Waals surface area contributed by atoms with Crippen LogP contribution in [0.1, 0.15) is 26.5 Å². The van der Waals surface area contributed by atoms with E-state index in [1.165, 1.54) is 0 Å². The molecule has 0 amide bonds. The lowest BCUT2D eigenvalue weighted by Gasteiger charge is -2.17. The van der Waals surface area contributed by atoms with Crippen LogP contribution in [0, 0.1) is 0 Å². The summed E-state index contributed by atoms with van der Waals surface area (Å²) in [5.74, 6) is 0. The van der Waals surface area contributed by atoms with Crippen molar-refractivity contribution in [2.75, 3.05) is 0 Å². The van der Waals surface area contributed by atoms with Crippen molar-refractivity contribution in [3.63, 3.8) is 0 Å². The molecule has 3 nitrogen and oxygen atoms in total. The third-order valence-electron chi connectivity index (χ3n) is 1.37. The van der Waals surface area contributed by atoms with E-state index in [1.807, 2.05) is 10.9 Å². The minimum absolute atomic E-state index is 0.0351. The summed E-state index contributed by atoms with van der Waals surface area (Å²) in [6, 6.07) is 0. The molecule has 1 aromatic heterocycles. The van der Waals surface area contributed by atoms with Gasteiger partial charge in [-0.05, 0) is 20.8 Å². The van der Waals surface area contributed by atoms with Crippen molar-refractivity contribution in [2.45, 2.75) is 31.6 Å². The smallest absolute Gasteiger partial charge is 0.0932 e. The average molecular weight is 218 g/mol. The van der Waals surface area contributed by atoms with E-state index in [0.29, 0.717) is 0 Å². The molecule has 0 aliphatic rings. The number of hydrogen-bond donors (Lipinski definition) is 0. The summed E-state index contributed by atoms with van der Waals surface area (Å²) in [7, 11) is 0. The second kappa shape index (κ2) is 2.93. The van der Waals surface area contributed by atoms with Crippen LogP contribution in [0.4, 0.5) is 0 Å². The number of rotatable bonds is 1. The van der Waals surface area contributed by atoms with Gasteiger partial charge in [0.15, 0.2) is 0 Å². The van der Waals surface area contributed by atoms with Gasteiger partial charge in [0, 0.05) is 11.5 Å². The van der Waals surface area contributed by atoms with Crippen LogP contribution in [-0.2, 0) is 10.9 Å². The van der Waals surface area contributed by atoms with Crippen molar-refractivity contribution in [2.24, 2.45) is 0 Å². The highest BCUT2D eigenvalue weighted by Gasteiger charge is 2.14. The highest BCUT2D eigenvalue weighted by Crippen LogP contribution is 2.12. The fraction of sp³-hybridized carbons (Fsp3) is 0.714. The topological polar surface area (TPSA) is 30.7 Å². The average Bonchev–Trinajstić information content (AvgIpc) is 2.32. The van der Waals surface area contributed by atoms with Gasteiger partial charge in [0.05, 0.1) is 11.2 Å². The molecular weight excluding hydrogens is 206 g/mol. The van der Waals surface area contributed by atoms with Crippen LogP contribution in [0.25, 0.3) is 0 Å². The Labute approximate surface area is 74.9 Å². The first-order chi connectivity index (χ1) is 5.04. The predicted molar refractivity (Wildman–Crippen MR) is 47.6 cm³/mol. The van der Waals surface area contributed by atoms with E-state index in [0.717, 1.165) is 11.0 Å². The summed E-state index contributed by atoms with van der Waals surface area (Å²) in [5, 5.41) is 8.73. The van der Waals surface area contributed by atoms with Gasteiger partial charge in [0.25, 0.3) is 0 Å². The Morgan fingerprint density at radius 2 is 2.18 bits per heavy atom. The molecule has 0 aromatic carbocycles. The van der Waals surface area contributed by atoms with Crippen molar-refractivity contribution in [1.29, 1.82) is 0 Å². The highest BCUT2D eigenvalue weighted by atomic mass is 79.9. The summed E-state index contributed by atoms with van der Waals surface area (Å²) in [6.45, 7) is 6.29. The number of hydrogen-bond acceptors (Lipinski definition) is 2. The molecule has 0 unspecified atom stereocenters. The Morgan fingerprint density at radius 3 is 2.45 bits per heavy atom. The SMILES string of the molecule is CC(C)(C)n1cc(CBr)nn1. The lowest BCUT2D eigenvalue weighted by Crippen LogP contribution is -2.22. The molecular formula is C7H12BrN3. The molecule has 0 bridgehead atoms. The van der Waals surface area contributed by atoms with Crippen LogP contribution in [-0.4, -0.2) is 15.0 Å². The molecule has 0 atom stereocenters. The fourth-order valence-corrected chi connectivity index (χ4v) is 0.944. The molecule has 0 saturated heterocycles. The van der Waals surface area contributed by atoms with Crippen LogP contribution in [0.2, 0.25) is 0 Å². The van der Waals surface area contributed by atoms with Gasteiger partial charge in [-0.2, -0.15) is 0 Å². The zero-order chi connectivity index (χ0) is 8.48. The number of halogens is 1. The van der Waals surface area contributed by atoms with E-state index in [-0.39, 0.29) is 5.54 Å². The van der Waals surface area contributed by atoms with Crippen LogP contribution in [0.15, 0.2) is 6.20 Å². The fourth-order valence-electron chi connectivity index (χ4n) is 0.687. The monoisotopic (exact) mass is 217 g/mol. The summed E-state index contributed by atoms with van der Waals surface area (Å²) < 4.78 is 1.86. The normalized spacial score (nSPS) is 12.0. The van der Waals surface area contributed by atoms with Crippen LogP contribution >= 0.6 is 15.9 Å². The lowest BCUT2D eigenvalue weighted by molar-refractivity contribution is 0.347. The van der Waals surface area contributed by atoms with Gasteiger partial charge < -0.3 is 0 Å². The summed E-state index contributed by atoms with van der Waals surface area (Å²) in [5.41, 5.74) is 1.01. The Balaban J connectivity index is 2.89. The van der Waals surface area contributed by atoms with E-state index < -0.39 is 0 Å². The largest absolute Gasteiger partial charge is 0.247 e. The molecule has 1 aromatic rings. The van der Waals surface area contributed by atoms with Gasteiger partial charge in [-0.15, -0.1) is 5.10 Å². The van der Waals surface area contributed by atoms with E-state index in [4.69, 9.17) is 0 Å². The minimum atomic E-state index is 0.0351. The molecule has 0 spiro atoms. The van der Waals surface area contributed by atoms with E-state index in [1.54, 1.807) is 0 Å². The summed E-state index contributed by atoms with van der Waals surface area (Å²) in [4.78, 5) is 0. The minimum Gasteiger partial charge on any atom is -0.247 e. The maximum Gasteiger partial charge on any atom is 0.0932 e. The second-order valence-electron chi connectivity index (χ2n) is 3.46. The van der Waals surface area contributed by atoms with Crippen LogP contribution < -0.4 is 0 Å². The number of alkyl halides is 1. The van der Waals surface area contributed by atoms with Gasteiger partial charge in [0.2, 0.25) is 0 Å². The third kappa shape index (κ3) is 2.02. The molecule has 4 heteroatoms. The summed E-state index contributed by atoms with van der Waals surface area (Å²) >= 11 is 3.32. The van der Waals surface area contributed by atoms with Gasteiger partial charge in [-0.3, -0.25) is 0 Å². The second-order valence-corrected chi connectivity index (χ2v) is 4.02. The Bertz CT molecular complexity index is 236. The molecule has 0 aliphatic heterocycles. The van der Waals surface area contributed by atoms with Crippen molar-refractivity contribution in [1.82, 2.24) is 15.0 Å². The zero-order valence-corrected chi connectivity index (χ0v) is 8.59. The number of aromatic nitrogens is 3. The quantitative estimate of drug-likeness (QED) is 0.674. The zero-order valence-electron chi connectivity index (χ0n) is 7.00. The Morgan fingerprint density at radius 1 is 1.55 bits per heavy atom.